The van der Waals surface area contributed by atoms with E-state index in [1.807, 2.05) is 6.07 Å². The van der Waals surface area contributed by atoms with Crippen LogP contribution in [0, 0.1) is 0 Å². The molecule has 0 saturated heterocycles. The predicted octanol–water partition coefficient (Wildman–Crippen LogP) is 4.57. The third kappa shape index (κ3) is 2.40. The van der Waals surface area contributed by atoms with E-state index in [4.69, 9.17) is 27.6 Å². The molecule has 0 saturated carbocycles. The Morgan fingerprint density at radius 1 is 1.32 bits per heavy atom. The first-order valence-electron chi connectivity index (χ1n) is 5.56. The number of amides is 1. The van der Waals surface area contributed by atoms with Crippen molar-refractivity contribution in [3.05, 3.63) is 51.4 Å². The van der Waals surface area contributed by atoms with E-state index in [2.05, 4.69) is 21.2 Å². The number of rotatable bonds is 2. The second-order valence-electron chi connectivity index (χ2n) is 4.26. The maximum Gasteiger partial charge on any atom is 0.228 e. The van der Waals surface area contributed by atoms with Gasteiger partial charge in [0.1, 0.15) is 5.76 Å². The predicted molar refractivity (Wildman–Crippen MR) is 78.3 cm³/mol. The monoisotopic (exact) mass is 359 g/mol. The number of halogens is 3. The van der Waals surface area contributed by atoms with Crippen LogP contribution < -0.4 is 5.32 Å². The normalized spacial score (nSPS) is 15.2. The lowest BCUT2D eigenvalue weighted by Crippen LogP contribution is -2.03. The van der Waals surface area contributed by atoms with Crippen molar-refractivity contribution in [2.24, 2.45) is 0 Å². The molecule has 1 aromatic carbocycles. The Morgan fingerprint density at radius 3 is 2.79 bits per heavy atom. The molecule has 0 bridgehead atoms. The summed E-state index contributed by atoms with van der Waals surface area (Å²) in [4.78, 5) is 11.2. The number of nitrogens with one attached hydrogen (secondary N) is 1. The summed E-state index contributed by atoms with van der Waals surface area (Å²) in [7, 11) is 0. The number of hydrogen-bond acceptors (Lipinski definition) is 2. The molecule has 98 valence electrons. The number of carbonyl (C=O) groups is 1. The average molecular weight is 361 g/mol. The Bertz CT molecular complexity index is 669. The number of carbonyl (C=O) groups excluding carboxylic acids is 1. The molecule has 0 spiro atoms. The van der Waals surface area contributed by atoms with Crippen LogP contribution in [0.1, 0.15) is 21.7 Å². The SMILES string of the molecule is O=C1Cc2cc(C(Br)c3ccc(Cl)o3)c(Cl)cc2N1. The number of furan rings is 1. The first kappa shape index (κ1) is 13.0. The maximum atomic E-state index is 11.4. The summed E-state index contributed by atoms with van der Waals surface area (Å²) in [5.74, 6) is 0.652. The van der Waals surface area contributed by atoms with Crippen molar-refractivity contribution < 1.29 is 9.21 Å². The third-order valence-corrected chi connectivity index (χ3v) is 4.44. The minimum absolute atomic E-state index is 0.0182. The molecule has 3 nitrogen and oxygen atoms in total. The zero-order valence-electron chi connectivity index (χ0n) is 9.54. The van der Waals surface area contributed by atoms with E-state index in [-0.39, 0.29) is 10.7 Å². The standard InChI is InChI=1S/C13H8BrCl2NO2/c14-13(10-1-2-11(16)19-10)7-3-6-4-12(18)17-9(6)5-8(7)15/h1-3,5,13H,4H2,(H,17,18). The van der Waals surface area contributed by atoms with E-state index in [0.29, 0.717) is 22.4 Å². The van der Waals surface area contributed by atoms with Gasteiger partial charge in [-0.25, -0.2) is 0 Å². The molecule has 3 rings (SSSR count). The van der Waals surface area contributed by atoms with E-state index in [9.17, 15) is 4.79 Å². The highest BCUT2D eigenvalue weighted by atomic mass is 79.9. The van der Waals surface area contributed by atoms with Crippen LogP contribution in [0.5, 0.6) is 0 Å². The molecule has 1 aliphatic heterocycles. The summed E-state index contributed by atoms with van der Waals surface area (Å²) in [5.41, 5.74) is 2.56. The van der Waals surface area contributed by atoms with Crippen molar-refractivity contribution >= 4 is 50.7 Å². The first-order valence-corrected chi connectivity index (χ1v) is 7.23. The van der Waals surface area contributed by atoms with Gasteiger partial charge in [0.05, 0.1) is 11.2 Å². The number of hydrogen-bond donors (Lipinski definition) is 1. The molecule has 2 heterocycles. The van der Waals surface area contributed by atoms with Crippen LogP contribution in [0.25, 0.3) is 0 Å². The van der Waals surface area contributed by atoms with Crippen LogP contribution in [0.15, 0.2) is 28.7 Å². The lowest BCUT2D eigenvalue weighted by Gasteiger charge is -2.11. The second-order valence-corrected chi connectivity index (χ2v) is 5.96. The Kier molecular flexibility index (Phi) is 3.33. The van der Waals surface area contributed by atoms with Crippen LogP contribution in [-0.4, -0.2) is 5.91 Å². The number of alkyl halides is 1. The highest BCUT2D eigenvalue weighted by molar-refractivity contribution is 9.09. The van der Waals surface area contributed by atoms with Crippen LogP contribution >= 0.6 is 39.1 Å². The molecular formula is C13H8BrCl2NO2. The number of fused-ring (bicyclic) bond motifs is 1. The fraction of sp³-hybridized carbons (Fsp3) is 0.154. The van der Waals surface area contributed by atoms with Crippen molar-refractivity contribution in [1.82, 2.24) is 0 Å². The van der Waals surface area contributed by atoms with Crippen LogP contribution in [0.4, 0.5) is 5.69 Å². The quantitative estimate of drug-likeness (QED) is 0.797. The van der Waals surface area contributed by atoms with Gasteiger partial charge in [-0.2, -0.15) is 0 Å². The molecule has 2 aromatic rings. The number of benzene rings is 1. The molecule has 1 N–H and O–H groups in total. The highest BCUT2D eigenvalue weighted by Crippen LogP contribution is 2.40. The van der Waals surface area contributed by atoms with Crippen LogP contribution in [0.3, 0.4) is 0 Å². The van der Waals surface area contributed by atoms with E-state index in [1.165, 1.54) is 0 Å². The molecule has 1 aromatic heterocycles. The lowest BCUT2D eigenvalue weighted by molar-refractivity contribution is -0.115. The lowest BCUT2D eigenvalue weighted by atomic mass is 10.0. The van der Waals surface area contributed by atoms with Gasteiger partial charge in [0, 0.05) is 10.7 Å². The Labute approximate surface area is 128 Å². The van der Waals surface area contributed by atoms with Gasteiger partial charge in [-0.1, -0.05) is 33.6 Å². The van der Waals surface area contributed by atoms with Gasteiger partial charge < -0.3 is 9.73 Å². The fourth-order valence-corrected chi connectivity index (χ4v) is 3.26. The maximum absolute atomic E-state index is 11.4. The molecule has 0 radical (unpaired) electrons. The summed E-state index contributed by atoms with van der Waals surface area (Å²) < 4.78 is 5.37. The first-order chi connectivity index (χ1) is 9.04. The van der Waals surface area contributed by atoms with Gasteiger partial charge in [-0.05, 0) is 40.9 Å². The Balaban J connectivity index is 2.02. The molecule has 19 heavy (non-hydrogen) atoms. The van der Waals surface area contributed by atoms with E-state index in [1.54, 1.807) is 18.2 Å². The van der Waals surface area contributed by atoms with E-state index >= 15 is 0 Å². The van der Waals surface area contributed by atoms with Gasteiger partial charge in [0.25, 0.3) is 0 Å². The van der Waals surface area contributed by atoms with Crippen molar-refractivity contribution in [2.45, 2.75) is 11.2 Å². The number of anilines is 1. The van der Waals surface area contributed by atoms with Gasteiger partial charge in [-0.15, -0.1) is 0 Å². The van der Waals surface area contributed by atoms with E-state index in [0.717, 1.165) is 16.8 Å². The summed E-state index contributed by atoms with van der Waals surface area (Å²) in [6, 6.07) is 7.13. The molecule has 1 amide bonds. The molecule has 6 heteroatoms. The molecule has 1 atom stereocenters. The minimum Gasteiger partial charge on any atom is -0.448 e. The van der Waals surface area contributed by atoms with Gasteiger partial charge in [0.15, 0.2) is 5.22 Å². The fourth-order valence-electron chi connectivity index (χ4n) is 2.08. The van der Waals surface area contributed by atoms with E-state index < -0.39 is 0 Å². The van der Waals surface area contributed by atoms with Gasteiger partial charge in [0.2, 0.25) is 5.91 Å². The molecule has 1 unspecified atom stereocenters. The topological polar surface area (TPSA) is 42.2 Å². The molecule has 0 aliphatic carbocycles. The van der Waals surface area contributed by atoms with Crippen molar-refractivity contribution in [2.75, 3.05) is 5.32 Å². The summed E-state index contributed by atoms with van der Waals surface area (Å²) in [5, 5.41) is 3.66. The van der Waals surface area contributed by atoms with Gasteiger partial charge in [-0.3, -0.25) is 4.79 Å². The zero-order chi connectivity index (χ0) is 13.6. The summed E-state index contributed by atoms with van der Waals surface area (Å²) >= 11 is 15.6. The van der Waals surface area contributed by atoms with Crippen molar-refractivity contribution in [3.63, 3.8) is 0 Å². The summed E-state index contributed by atoms with van der Waals surface area (Å²) in [6.07, 6.45) is 0.373. The van der Waals surface area contributed by atoms with Crippen molar-refractivity contribution in [1.29, 1.82) is 0 Å². The zero-order valence-corrected chi connectivity index (χ0v) is 12.6. The average Bonchev–Trinajstić information content (AvgIpc) is 2.92. The minimum atomic E-state index is -0.200. The Morgan fingerprint density at radius 2 is 2.11 bits per heavy atom. The molecule has 1 aliphatic rings. The van der Waals surface area contributed by atoms with Crippen LogP contribution in [0.2, 0.25) is 10.2 Å². The molecular weight excluding hydrogens is 353 g/mol. The van der Waals surface area contributed by atoms with Crippen LogP contribution in [-0.2, 0) is 11.2 Å². The Hall–Kier alpha value is -0.970. The smallest absolute Gasteiger partial charge is 0.228 e. The molecule has 0 fully saturated rings. The highest BCUT2D eigenvalue weighted by Gasteiger charge is 2.23. The largest absolute Gasteiger partial charge is 0.448 e. The third-order valence-electron chi connectivity index (χ3n) is 2.96. The second kappa shape index (κ2) is 4.85. The van der Waals surface area contributed by atoms with Gasteiger partial charge >= 0.3 is 0 Å². The van der Waals surface area contributed by atoms with Crippen molar-refractivity contribution in [3.8, 4) is 0 Å². The summed E-state index contributed by atoms with van der Waals surface area (Å²) in [6.45, 7) is 0.